The van der Waals surface area contributed by atoms with E-state index < -0.39 is 0 Å². The Morgan fingerprint density at radius 1 is 1.25 bits per heavy atom. The summed E-state index contributed by atoms with van der Waals surface area (Å²) in [6, 6.07) is 13.4. The fourth-order valence-electron chi connectivity index (χ4n) is 3.31. The molecule has 2 aromatic rings. The molecule has 0 fully saturated rings. The lowest BCUT2D eigenvalue weighted by Crippen LogP contribution is -2.41. The SMILES string of the molecule is NNC(CCc1ccccc1)C1CCCc2sccc21. The Kier molecular flexibility index (Phi) is 4.51. The Bertz CT molecular complexity index is 535. The molecule has 106 valence electrons. The molecule has 1 aromatic heterocycles. The van der Waals surface area contributed by atoms with Gasteiger partial charge in [0.05, 0.1) is 0 Å². The fraction of sp³-hybridized carbons (Fsp3) is 0.412. The summed E-state index contributed by atoms with van der Waals surface area (Å²) in [5.41, 5.74) is 6.01. The van der Waals surface area contributed by atoms with Crippen LogP contribution in [0.4, 0.5) is 0 Å². The summed E-state index contributed by atoms with van der Waals surface area (Å²) in [5.74, 6) is 6.43. The van der Waals surface area contributed by atoms with Crippen LogP contribution in [0.2, 0.25) is 0 Å². The van der Waals surface area contributed by atoms with Gasteiger partial charge < -0.3 is 0 Å². The van der Waals surface area contributed by atoms with Gasteiger partial charge in [0.25, 0.3) is 0 Å². The van der Waals surface area contributed by atoms with Crippen molar-refractivity contribution in [1.29, 1.82) is 0 Å². The van der Waals surface area contributed by atoms with Crippen LogP contribution in [-0.4, -0.2) is 6.04 Å². The third-order valence-electron chi connectivity index (χ3n) is 4.38. The first-order chi connectivity index (χ1) is 9.88. The number of rotatable bonds is 5. The smallest absolute Gasteiger partial charge is 0.0282 e. The third kappa shape index (κ3) is 2.95. The average molecular weight is 286 g/mol. The maximum atomic E-state index is 5.85. The summed E-state index contributed by atoms with van der Waals surface area (Å²) in [6.07, 6.45) is 5.99. The van der Waals surface area contributed by atoms with Crippen molar-refractivity contribution in [3.8, 4) is 0 Å². The summed E-state index contributed by atoms with van der Waals surface area (Å²) >= 11 is 1.90. The predicted octanol–water partition coefficient (Wildman–Crippen LogP) is 3.63. The molecule has 1 aromatic carbocycles. The Morgan fingerprint density at radius 2 is 2.10 bits per heavy atom. The van der Waals surface area contributed by atoms with Gasteiger partial charge in [-0.1, -0.05) is 30.3 Å². The lowest BCUT2D eigenvalue weighted by atomic mass is 9.81. The first-order valence-corrected chi connectivity index (χ1v) is 8.33. The van der Waals surface area contributed by atoms with Crippen molar-refractivity contribution in [2.24, 2.45) is 5.84 Å². The van der Waals surface area contributed by atoms with Crippen LogP contribution in [0.3, 0.4) is 0 Å². The normalized spacial score (nSPS) is 19.6. The molecule has 0 aliphatic heterocycles. The molecule has 20 heavy (non-hydrogen) atoms. The van der Waals surface area contributed by atoms with E-state index in [4.69, 9.17) is 5.84 Å². The van der Waals surface area contributed by atoms with Gasteiger partial charge in [0.2, 0.25) is 0 Å². The van der Waals surface area contributed by atoms with Crippen LogP contribution in [0, 0.1) is 0 Å². The van der Waals surface area contributed by atoms with Crippen molar-refractivity contribution in [1.82, 2.24) is 5.43 Å². The van der Waals surface area contributed by atoms with E-state index in [1.165, 1.54) is 30.4 Å². The van der Waals surface area contributed by atoms with E-state index in [1.54, 1.807) is 4.88 Å². The minimum atomic E-state index is 0.379. The van der Waals surface area contributed by atoms with E-state index in [9.17, 15) is 0 Å². The number of hydrazine groups is 1. The van der Waals surface area contributed by atoms with Crippen LogP contribution in [0.1, 0.15) is 41.2 Å². The van der Waals surface area contributed by atoms with E-state index in [1.807, 2.05) is 11.3 Å². The van der Waals surface area contributed by atoms with Crippen LogP contribution < -0.4 is 11.3 Å². The van der Waals surface area contributed by atoms with E-state index in [-0.39, 0.29) is 0 Å². The molecule has 0 radical (unpaired) electrons. The molecule has 0 bridgehead atoms. The largest absolute Gasteiger partial charge is 0.271 e. The molecule has 2 atom stereocenters. The number of benzene rings is 1. The summed E-state index contributed by atoms with van der Waals surface area (Å²) in [5, 5.41) is 2.23. The van der Waals surface area contributed by atoms with E-state index >= 15 is 0 Å². The standard InChI is InChI=1S/C17H22N2S/c18-19-16(10-9-13-5-2-1-3-6-13)14-7-4-8-17-15(14)11-12-20-17/h1-3,5-6,11-12,14,16,19H,4,7-10,18H2. The molecule has 3 rings (SSSR count). The Morgan fingerprint density at radius 3 is 2.90 bits per heavy atom. The van der Waals surface area contributed by atoms with Crippen molar-refractivity contribution in [2.45, 2.75) is 44.1 Å². The summed E-state index contributed by atoms with van der Waals surface area (Å²) < 4.78 is 0. The van der Waals surface area contributed by atoms with Crippen LogP contribution in [0.5, 0.6) is 0 Å². The molecule has 0 spiro atoms. The molecule has 0 amide bonds. The van der Waals surface area contributed by atoms with Crippen molar-refractivity contribution in [3.05, 3.63) is 57.8 Å². The predicted molar refractivity (Wildman–Crippen MR) is 85.9 cm³/mol. The van der Waals surface area contributed by atoms with E-state index in [0.717, 1.165) is 12.8 Å². The monoisotopic (exact) mass is 286 g/mol. The average Bonchev–Trinajstić information content (AvgIpc) is 2.98. The Hall–Kier alpha value is -1.16. The second-order valence-corrected chi connectivity index (χ2v) is 6.60. The van der Waals surface area contributed by atoms with Gasteiger partial charge in [-0.2, -0.15) is 0 Å². The minimum absolute atomic E-state index is 0.379. The zero-order valence-electron chi connectivity index (χ0n) is 11.7. The number of aryl methyl sites for hydroxylation is 2. The highest BCUT2D eigenvalue weighted by Crippen LogP contribution is 2.37. The highest BCUT2D eigenvalue weighted by atomic mass is 32.1. The number of thiophene rings is 1. The zero-order chi connectivity index (χ0) is 13.8. The van der Waals surface area contributed by atoms with Crippen molar-refractivity contribution < 1.29 is 0 Å². The third-order valence-corrected chi connectivity index (χ3v) is 5.38. The van der Waals surface area contributed by atoms with Crippen molar-refractivity contribution >= 4 is 11.3 Å². The first kappa shape index (κ1) is 13.8. The number of hydrogen-bond acceptors (Lipinski definition) is 3. The molecule has 2 unspecified atom stereocenters. The Labute approximate surface area is 125 Å². The van der Waals surface area contributed by atoms with Gasteiger partial charge in [-0.15, -0.1) is 11.3 Å². The number of nitrogens with two attached hydrogens (primary N) is 1. The van der Waals surface area contributed by atoms with Crippen LogP contribution >= 0.6 is 11.3 Å². The molecular formula is C17H22N2S. The highest BCUT2D eigenvalue weighted by Gasteiger charge is 2.27. The van der Waals surface area contributed by atoms with Gasteiger partial charge in [-0.05, 0) is 54.7 Å². The van der Waals surface area contributed by atoms with Crippen LogP contribution in [-0.2, 0) is 12.8 Å². The lowest BCUT2D eigenvalue weighted by Gasteiger charge is -2.30. The Balaban J connectivity index is 1.69. The summed E-state index contributed by atoms with van der Waals surface area (Å²) in [7, 11) is 0. The van der Waals surface area contributed by atoms with Crippen molar-refractivity contribution in [3.63, 3.8) is 0 Å². The quantitative estimate of drug-likeness (QED) is 0.650. The number of fused-ring (bicyclic) bond motifs is 1. The minimum Gasteiger partial charge on any atom is -0.271 e. The van der Waals surface area contributed by atoms with Gasteiger partial charge in [-0.3, -0.25) is 11.3 Å². The molecule has 1 aliphatic rings. The zero-order valence-corrected chi connectivity index (χ0v) is 12.5. The summed E-state index contributed by atoms with van der Waals surface area (Å²) in [6.45, 7) is 0. The van der Waals surface area contributed by atoms with Gasteiger partial charge in [0.1, 0.15) is 0 Å². The van der Waals surface area contributed by atoms with Gasteiger partial charge >= 0.3 is 0 Å². The molecule has 0 saturated carbocycles. The lowest BCUT2D eigenvalue weighted by molar-refractivity contribution is 0.380. The molecule has 3 heteroatoms. The molecule has 1 heterocycles. The van der Waals surface area contributed by atoms with E-state index in [0.29, 0.717) is 12.0 Å². The second-order valence-electron chi connectivity index (χ2n) is 5.60. The number of nitrogens with one attached hydrogen (secondary N) is 1. The molecule has 2 nitrogen and oxygen atoms in total. The van der Waals surface area contributed by atoms with Gasteiger partial charge in [0.15, 0.2) is 0 Å². The highest BCUT2D eigenvalue weighted by molar-refractivity contribution is 7.10. The van der Waals surface area contributed by atoms with Crippen LogP contribution in [0.25, 0.3) is 0 Å². The second kappa shape index (κ2) is 6.53. The van der Waals surface area contributed by atoms with Crippen LogP contribution in [0.15, 0.2) is 41.8 Å². The van der Waals surface area contributed by atoms with Gasteiger partial charge in [-0.25, -0.2) is 0 Å². The molecule has 1 aliphatic carbocycles. The van der Waals surface area contributed by atoms with Crippen molar-refractivity contribution in [2.75, 3.05) is 0 Å². The maximum absolute atomic E-state index is 5.85. The summed E-state index contributed by atoms with van der Waals surface area (Å²) in [4.78, 5) is 1.57. The molecule has 0 saturated heterocycles. The fourth-order valence-corrected chi connectivity index (χ4v) is 4.30. The molecule has 3 N–H and O–H groups in total. The van der Waals surface area contributed by atoms with E-state index in [2.05, 4.69) is 47.2 Å². The topological polar surface area (TPSA) is 38.0 Å². The first-order valence-electron chi connectivity index (χ1n) is 7.45. The number of hydrogen-bond donors (Lipinski definition) is 2. The maximum Gasteiger partial charge on any atom is 0.0282 e. The van der Waals surface area contributed by atoms with Gasteiger partial charge in [0, 0.05) is 16.8 Å². The molecular weight excluding hydrogens is 264 g/mol.